The zero-order valence-electron chi connectivity index (χ0n) is 4.56. The van der Waals surface area contributed by atoms with Gasteiger partial charge in [0.2, 0.25) is 0 Å². The van der Waals surface area contributed by atoms with Gasteiger partial charge in [0.15, 0.2) is 0 Å². The van der Waals surface area contributed by atoms with Crippen LogP contribution in [-0.4, -0.2) is 4.98 Å². The van der Waals surface area contributed by atoms with Crippen LogP contribution in [0.15, 0.2) is 18.3 Å². The maximum Gasteiger partial charge on any atom is 0.141 e. The van der Waals surface area contributed by atoms with Gasteiger partial charge in [-0.1, -0.05) is 0 Å². The first-order valence-electron chi connectivity index (χ1n) is 2.37. The molecule has 43 valence electrons. The van der Waals surface area contributed by atoms with E-state index in [4.69, 9.17) is 6.42 Å². The maximum atomic E-state index is 12.1. The molecular weight excluding hydrogens is 117 g/mol. The summed E-state index contributed by atoms with van der Waals surface area (Å²) in [5.74, 6) is 1.63. The van der Waals surface area contributed by atoms with Crippen molar-refractivity contribution in [2.45, 2.75) is 0 Å². The fourth-order valence-electron chi connectivity index (χ4n) is 0.450. The van der Waals surface area contributed by atoms with E-state index in [0.29, 0.717) is 5.69 Å². The molecule has 1 nitrogen and oxygen atoms in total. The number of nitrogens with zero attached hydrogens (tertiary/aromatic N) is 1. The molecule has 0 spiro atoms. The Hall–Kier alpha value is -1.36. The third-order valence-electron chi connectivity index (χ3n) is 0.855. The number of aromatic nitrogens is 1. The molecule has 2 heteroatoms. The highest BCUT2D eigenvalue weighted by molar-refractivity contribution is 5.20. The average molecular weight is 120 g/mol. The van der Waals surface area contributed by atoms with Crippen molar-refractivity contribution in [2.75, 3.05) is 0 Å². The highest BCUT2D eigenvalue weighted by Crippen LogP contribution is 1.94. The van der Waals surface area contributed by atoms with Gasteiger partial charge in [-0.25, -0.2) is 9.37 Å². The summed E-state index contributed by atoms with van der Waals surface area (Å²) < 4.78 is 12.1. The van der Waals surface area contributed by atoms with Crippen LogP contribution >= 0.6 is 0 Å². The number of pyridine rings is 1. The molecule has 0 fully saturated rings. The van der Waals surface area contributed by atoms with Gasteiger partial charge >= 0.3 is 0 Å². The summed E-state index contributed by atoms with van der Waals surface area (Å²) >= 11 is 0. The molecule has 0 unspecified atom stereocenters. The maximum absolute atomic E-state index is 12.1. The Morgan fingerprint density at radius 1 is 1.56 bits per heavy atom. The molecule has 0 aliphatic heterocycles. The fourth-order valence-corrected chi connectivity index (χ4v) is 0.450. The van der Waals surface area contributed by atoms with Gasteiger partial charge < -0.3 is 0 Å². The van der Waals surface area contributed by atoms with Gasteiger partial charge in [-0.2, -0.15) is 0 Å². The minimum atomic E-state index is -0.394. The first kappa shape index (κ1) is 5.77. The Balaban J connectivity index is 3.06. The molecule has 1 heterocycles. The van der Waals surface area contributed by atoms with Gasteiger partial charge in [-0.05, 0) is 24.5 Å². The zero-order valence-corrected chi connectivity index (χ0v) is 4.56. The van der Waals surface area contributed by atoms with Crippen molar-refractivity contribution in [3.05, 3.63) is 36.3 Å². The van der Waals surface area contributed by atoms with Crippen LogP contribution in [-0.2, 0) is 0 Å². The second kappa shape index (κ2) is 2.27. The normalized spacial score (nSPS) is 8.44. The van der Waals surface area contributed by atoms with Crippen LogP contribution in [0.4, 0.5) is 4.39 Å². The molecular formula is C7H3FN. The zero-order chi connectivity index (χ0) is 6.69. The summed E-state index contributed by atoms with van der Waals surface area (Å²) in [7, 11) is 0. The number of halogens is 1. The van der Waals surface area contributed by atoms with Crippen LogP contribution in [0.2, 0.25) is 0 Å². The van der Waals surface area contributed by atoms with E-state index in [9.17, 15) is 4.39 Å². The summed E-state index contributed by atoms with van der Waals surface area (Å²) in [6.45, 7) is 0. The third kappa shape index (κ3) is 1.26. The van der Waals surface area contributed by atoms with E-state index in [0.717, 1.165) is 6.20 Å². The first-order valence-corrected chi connectivity index (χ1v) is 2.37. The van der Waals surface area contributed by atoms with E-state index in [1.807, 2.05) is 5.92 Å². The number of rotatable bonds is 0. The van der Waals surface area contributed by atoms with Crippen LogP contribution in [0.25, 0.3) is 0 Å². The average Bonchev–Trinajstić information content (AvgIpc) is 1.90. The Morgan fingerprint density at radius 2 is 2.33 bits per heavy atom. The van der Waals surface area contributed by atoms with Crippen LogP contribution in [0.3, 0.4) is 0 Å². The van der Waals surface area contributed by atoms with E-state index in [-0.39, 0.29) is 0 Å². The summed E-state index contributed by atoms with van der Waals surface area (Å²) in [6.07, 6.45) is 7.63. The lowest BCUT2D eigenvalue weighted by atomic mass is 10.4. The first-order chi connectivity index (χ1) is 4.33. The minimum absolute atomic E-state index is 0.344. The Bertz CT molecular complexity index is 232. The lowest BCUT2D eigenvalue weighted by Crippen LogP contribution is -1.81. The van der Waals surface area contributed by atoms with E-state index < -0.39 is 5.82 Å². The molecule has 0 N–H and O–H groups in total. The van der Waals surface area contributed by atoms with Gasteiger partial charge in [-0.3, -0.25) is 0 Å². The lowest BCUT2D eigenvalue weighted by Gasteiger charge is -1.85. The molecule has 0 saturated carbocycles. The third-order valence-corrected chi connectivity index (χ3v) is 0.855. The fraction of sp³-hybridized carbons (Fsp3) is 0. The SMILES string of the molecule is [C]#Cc1ccc(F)cn1. The monoisotopic (exact) mass is 120 g/mol. The molecule has 1 aromatic heterocycles. The summed E-state index contributed by atoms with van der Waals surface area (Å²) in [4.78, 5) is 3.52. The van der Waals surface area contributed by atoms with E-state index >= 15 is 0 Å². The number of hydrogen-bond donors (Lipinski definition) is 0. The molecule has 0 amide bonds. The van der Waals surface area contributed by atoms with Gasteiger partial charge in [0.05, 0.1) is 6.20 Å². The molecule has 0 bridgehead atoms. The lowest BCUT2D eigenvalue weighted by molar-refractivity contribution is 0.621. The standard InChI is InChI=1S/C7H3FN/c1-2-7-4-3-6(8)5-9-7/h3-5H. The quantitative estimate of drug-likeness (QED) is 0.468. The summed E-state index contributed by atoms with van der Waals surface area (Å²) in [6, 6.07) is 2.63. The van der Waals surface area contributed by atoms with E-state index in [1.54, 1.807) is 0 Å². The molecule has 9 heavy (non-hydrogen) atoms. The molecule has 0 saturated heterocycles. The van der Waals surface area contributed by atoms with Crippen molar-refractivity contribution in [1.82, 2.24) is 4.98 Å². The van der Waals surface area contributed by atoms with Crippen molar-refractivity contribution >= 4 is 0 Å². The van der Waals surface area contributed by atoms with Gasteiger partial charge in [0, 0.05) is 0 Å². The van der Waals surface area contributed by atoms with Crippen molar-refractivity contribution in [3.8, 4) is 5.92 Å². The molecule has 0 aliphatic rings. The topological polar surface area (TPSA) is 12.9 Å². The molecule has 1 radical (unpaired) electrons. The highest BCUT2D eigenvalue weighted by Gasteiger charge is 1.87. The van der Waals surface area contributed by atoms with Crippen molar-refractivity contribution in [3.63, 3.8) is 0 Å². The minimum Gasteiger partial charge on any atom is -0.245 e. The van der Waals surface area contributed by atoms with Crippen molar-refractivity contribution < 1.29 is 4.39 Å². The van der Waals surface area contributed by atoms with Crippen LogP contribution in [0.5, 0.6) is 0 Å². The number of hydrogen-bond acceptors (Lipinski definition) is 1. The Kier molecular flexibility index (Phi) is 1.46. The summed E-state index contributed by atoms with van der Waals surface area (Å²) in [5.41, 5.74) is 0.344. The predicted octanol–water partition coefficient (Wildman–Crippen LogP) is 1.16. The second-order valence-corrected chi connectivity index (χ2v) is 1.49. The summed E-state index contributed by atoms with van der Waals surface area (Å²) in [5, 5.41) is 0. The van der Waals surface area contributed by atoms with Crippen molar-refractivity contribution in [1.29, 1.82) is 0 Å². The van der Waals surface area contributed by atoms with Crippen LogP contribution < -0.4 is 0 Å². The molecule has 1 rings (SSSR count). The largest absolute Gasteiger partial charge is 0.245 e. The van der Waals surface area contributed by atoms with Crippen LogP contribution in [0, 0.1) is 18.2 Å². The highest BCUT2D eigenvalue weighted by atomic mass is 19.1. The molecule has 0 aromatic carbocycles. The Labute approximate surface area is 52.5 Å². The Morgan fingerprint density at radius 3 is 2.78 bits per heavy atom. The molecule has 1 aromatic rings. The van der Waals surface area contributed by atoms with Gasteiger partial charge in [-0.15, -0.1) is 0 Å². The molecule has 0 aliphatic carbocycles. The predicted molar refractivity (Wildman–Crippen MR) is 30.4 cm³/mol. The smallest absolute Gasteiger partial charge is 0.141 e. The van der Waals surface area contributed by atoms with Crippen LogP contribution in [0.1, 0.15) is 5.69 Å². The van der Waals surface area contributed by atoms with Gasteiger partial charge in [0.1, 0.15) is 11.5 Å². The van der Waals surface area contributed by atoms with E-state index in [1.165, 1.54) is 12.1 Å². The van der Waals surface area contributed by atoms with E-state index in [2.05, 4.69) is 4.98 Å². The van der Waals surface area contributed by atoms with Crippen molar-refractivity contribution in [2.24, 2.45) is 0 Å². The van der Waals surface area contributed by atoms with Gasteiger partial charge in [0.25, 0.3) is 0 Å². The molecule has 0 atom stereocenters. The second-order valence-electron chi connectivity index (χ2n) is 1.49.